The van der Waals surface area contributed by atoms with Gasteiger partial charge in [0.2, 0.25) is 59.1 Å². The summed E-state index contributed by atoms with van der Waals surface area (Å²) in [6.45, 7) is 2.77. The molecule has 8 atom stereocenters. The zero-order valence-electron chi connectivity index (χ0n) is 55.1. The summed E-state index contributed by atoms with van der Waals surface area (Å²) in [6, 6.07) is 13.3. The Hall–Kier alpha value is -9.50. The van der Waals surface area contributed by atoms with Crippen LogP contribution in [0, 0.1) is 9.39 Å². The Kier molecular flexibility index (Phi) is 26.2. The maximum absolute atomic E-state index is 15.3. The van der Waals surface area contributed by atoms with Gasteiger partial charge in [-0.1, -0.05) is 49.7 Å². The Bertz CT molecular complexity index is 4140. The highest BCUT2D eigenvalue weighted by Crippen LogP contribution is 2.32. The molecule has 14 N–H and O–H groups in total. The van der Waals surface area contributed by atoms with Crippen molar-refractivity contribution in [2.75, 3.05) is 31.7 Å². The fraction of sp³-hybridized carbons (Fsp3) is 0.391. The lowest BCUT2D eigenvalue weighted by Crippen LogP contribution is -2.63. The number of aliphatic carboxylic acids is 1. The number of methoxy groups -OCH3 is 1. The van der Waals surface area contributed by atoms with Crippen molar-refractivity contribution < 1.29 is 67.0 Å². The van der Waals surface area contributed by atoms with Gasteiger partial charge < -0.3 is 78.0 Å². The standard InChI is InChI=1S/C69H80FIN14O13S2/c1-4-7-51-62(91)76-33-59(87)79-52(24-42-31-75-50-17-13-44(71)27-48(42)50)63(92)80-53(25-41-30-74-49-16-12-43(70)26-47(41)49)64(93)82-55(29-60(88)89)66(95)81-54(28-45-32-73-37-77-45)65(94)83-56(23-38-10-14-46(98-3)15-11-38)67(96)85-20-6-19-69(85,2)68(97)84-57(61(72)90)36-100-35-40-9-5-8-39(22-40)34-99-21-18-58(86)78-51/h5,8-17,22,26-27,30-32,37,51-57,74-75H,4,6-7,18-21,23-25,28-29,33-36H2,1-3H3,(H2,72,90)(H,73,77)(H,76,91)(H,78,86)(H,79,87)(H,80,92)(H,81,95)(H,82,93)(H,83,94)(H,84,97)(H,88,89)/t51-,52-,53-,54-,55-,56-,57-,69-/m0/s1. The minimum absolute atomic E-state index is 0.0514. The molecule has 31 heteroatoms. The number of carboxylic acids is 1. The van der Waals surface area contributed by atoms with E-state index in [9.17, 15) is 43.1 Å². The molecule has 530 valence electrons. The van der Waals surface area contributed by atoms with Gasteiger partial charge in [-0.05, 0) is 125 Å². The van der Waals surface area contributed by atoms with Crippen molar-refractivity contribution in [1.29, 1.82) is 0 Å². The number of hydrogen-bond acceptors (Lipinski definition) is 15. The van der Waals surface area contributed by atoms with Gasteiger partial charge in [0.1, 0.15) is 59.4 Å². The summed E-state index contributed by atoms with van der Waals surface area (Å²) in [5.74, 6) is -8.67. The van der Waals surface area contributed by atoms with Crippen LogP contribution in [0.3, 0.4) is 0 Å². The molecule has 7 aromatic rings. The van der Waals surface area contributed by atoms with Gasteiger partial charge in [0.15, 0.2) is 0 Å². The van der Waals surface area contributed by atoms with E-state index in [0.717, 1.165) is 14.7 Å². The number of halogens is 2. The summed E-state index contributed by atoms with van der Waals surface area (Å²) in [7, 11) is 1.47. The lowest BCUT2D eigenvalue weighted by Gasteiger charge is -2.37. The van der Waals surface area contributed by atoms with E-state index in [-0.39, 0.29) is 50.8 Å². The highest BCUT2D eigenvalue weighted by Gasteiger charge is 2.49. The third-order valence-corrected chi connectivity index (χ3v) is 20.2. The number of nitrogens with zero attached hydrogens (tertiary/aromatic N) is 2. The van der Waals surface area contributed by atoms with Gasteiger partial charge >= 0.3 is 5.97 Å². The third kappa shape index (κ3) is 20.1. The van der Waals surface area contributed by atoms with Crippen LogP contribution in [-0.4, -0.2) is 175 Å². The molecule has 1 saturated heterocycles. The summed E-state index contributed by atoms with van der Waals surface area (Å²) in [6.07, 6.45) is 4.86. The molecule has 0 saturated carbocycles. The second-order valence-electron chi connectivity index (χ2n) is 24.8. The Morgan fingerprint density at radius 2 is 1.31 bits per heavy atom. The number of imidazole rings is 1. The van der Waals surface area contributed by atoms with Gasteiger partial charge in [-0.25, -0.2) is 9.37 Å². The van der Waals surface area contributed by atoms with Gasteiger partial charge in [0.25, 0.3) is 0 Å². The fourth-order valence-corrected chi connectivity index (χ4v) is 14.5. The van der Waals surface area contributed by atoms with Crippen molar-refractivity contribution >= 4 is 133 Å². The number of carbonyl (C=O) groups excluding carboxylic acids is 10. The number of carboxylic acid groups (broad SMARTS) is 1. The molecule has 2 aliphatic rings. The van der Waals surface area contributed by atoms with Gasteiger partial charge in [-0.2, -0.15) is 23.5 Å². The number of amides is 10. The first kappa shape index (κ1) is 74.7. The van der Waals surface area contributed by atoms with E-state index in [0.29, 0.717) is 80.0 Å². The minimum Gasteiger partial charge on any atom is -0.497 e. The number of hydrogen-bond donors (Lipinski definition) is 13. The SMILES string of the molecule is CCC[C@@H]1NC(=O)CCSCc2cccc(c2)CSC[C@@H](C(N)=O)NC(=O)[C@]2(C)CCCN2C(=O)[C@H](Cc2ccc(OC)cc2)NC(=O)[C@H](Cc2cnc[nH]2)NC(=O)[C@H](CC(=O)O)NC(=O)[C@H](Cc2c[nH]c3ccc(F)cc23)NC(=O)[C@H](Cc2c[nH]c3ccc(I)cc23)NC(=O)CNC1=O. The summed E-state index contributed by atoms with van der Waals surface area (Å²) in [4.78, 5) is 172. The zero-order valence-corrected chi connectivity index (χ0v) is 58.9. The van der Waals surface area contributed by atoms with Gasteiger partial charge in [-0.3, -0.25) is 52.7 Å². The molecule has 0 unspecified atom stereocenters. The molecule has 3 aromatic heterocycles. The highest BCUT2D eigenvalue weighted by molar-refractivity contribution is 14.1. The molecule has 27 nitrogen and oxygen atoms in total. The van der Waals surface area contributed by atoms with Gasteiger partial charge in [0, 0.05) is 111 Å². The van der Waals surface area contributed by atoms with Crippen molar-refractivity contribution in [3.05, 3.63) is 153 Å². The summed E-state index contributed by atoms with van der Waals surface area (Å²) >= 11 is 4.97. The van der Waals surface area contributed by atoms with Crippen LogP contribution in [0.25, 0.3) is 21.8 Å². The summed E-state index contributed by atoms with van der Waals surface area (Å²) < 4.78 is 21.2. The van der Waals surface area contributed by atoms with Crippen molar-refractivity contribution in [1.82, 2.24) is 67.4 Å². The van der Waals surface area contributed by atoms with Gasteiger partial charge in [-0.15, -0.1) is 0 Å². The van der Waals surface area contributed by atoms with E-state index in [2.05, 4.69) is 85.1 Å². The Morgan fingerprint density at radius 1 is 0.700 bits per heavy atom. The molecule has 0 aliphatic carbocycles. The highest BCUT2D eigenvalue weighted by atomic mass is 127. The number of primary amides is 1. The van der Waals surface area contributed by atoms with E-state index in [1.165, 1.54) is 72.5 Å². The molecule has 9 rings (SSSR count). The molecule has 5 heterocycles. The van der Waals surface area contributed by atoms with Gasteiger partial charge in [0.05, 0.1) is 26.4 Å². The van der Waals surface area contributed by atoms with E-state index in [1.54, 1.807) is 37.4 Å². The van der Waals surface area contributed by atoms with E-state index in [1.807, 2.05) is 49.4 Å². The molecule has 100 heavy (non-hydrogen) atoms. The molecule has 2 bridgehead atoms. The number of nitrogens with two attached hydrogens (primary N) is 1. The van der Waals surface area contributed by atoms with Crippen LogP contribution in [0.2, 0.25) is 0 Å². The smallest absolute Gasteiger partial charge is 0.305 e. The van der Waals surface area contributed by atoms with Crippen molar-refractivity contribution in [2.45, 2.75) is 137 Å². The van der Waals surface area contributed by atoms with E-state index in [4.69, 9.17) is 10.5 Å². The van der Waals surface area contributed by atoms with Crippen molar-refractivity contribution in [3.8, 4) is 5.75 Å². The van der Waals surface area contributed by atoms with E-state index >= 15 is 19.2 Å². The van der Waals surface area contributed by atoms with Crippen LogP contribution >= 0.6 is 46.1 Å². The van der Waals surface area contributed by atoms with Crippen LogP contribution in [0.4, 0.5) is 4.39 Å². The molecule has 0 spiro atoms. The first-order valence-electron chi connectivity index (χ1n) is 32.5. The average molecular weight is 1520 g/mol. The summed E-state index contributed by atoms with van der Waals surface area (Å²) in [5, 5.41) is 32.8. The molecule has 10 amide bonds. The van der Waals surface area contributed by atoms with Crippen molar-refractivity contribution in [3.63, 3.8) is 0 Å². The zero-order chi connectivity index (χ0) is 71.6. The van der Waals surface area contributed by atoms with E-state index < -0.39 is 138 Å². The average Bonchev–Trinajstić information content (AvgIpc) is 1.61. The maximum atomic E-state index is 15.3. The normalized spacial score (nSPS) is 22.8. The monoisotopic (exact) mass is 1520 g/mol. The Morgan fingerprint density at radius 3 is 1.95 bits per heavy atom. The molecular formula is C69H80FIN14O13S2. The largest absolute Gasteiger partial charge is 0.497 e. The first-order chi connectivity index (χ1) is 48.0. The number of rotatable bonds is 14. The number of carbonyl (C=O) groups is 11. The van der Waals surface area contributed by atoms with Crippen LogP contribution in [-0.2, 0) is 89.9 Å². The number of ether oxygens (including phenoxy) is 1. The minimum atomic E-state index is -1.99. The molecular weight excluding hydrogens is 1440 g/mol. The second-order valence-corrected chi connectivity index (χ2v) is 28.2. The molecule has 4 aromatic carbocycles. The Balaban J connectivity index is 1.06. The number of aromatic nitrogens is 4. The lowest BCUT2D eigenvalue weighted by molar-refractivity contribution is -0.147. The molecule has 1 fully saturated rings. The van der Waals surface area contributed by atoms with Crippen LogP contribution in [0.15, 0.2) is 110 Å². The van der Waals surface area contributed by atoms with Crippen LogP contribution in [0.5, 0.6) is 5.75 Å². The number of thioether (sulfide) groups is 2. The quantitative estimate of drug-likeness (QED) is 0.0692. The number of benzene rings is 4. The first-order valence-corrected chi connectivity index (χ1v) is 35.9. The second kappa shape index (κ2) is 35.0. The molecule has 2 aliphatic heterocycles. The van der Waals surface area contributed by atoms with Crippen LogP contribution < -0.4 is 53.0 Å². The summed E-state index contributed by atoms with van der Waals surface area (Å²) in [5.41, 5.74) is 9.03. The van der Waals surface area contributed by atoms with Crippen LogP contribution in [0.1, 0.15) is 85.9 Å². The number of aromatic amines is 3. The van der Waals surface area contributed by atoms with Crippen molar-refractivity contribution in [2.24, 2.45) is 5.73 Å². The maximum Gasteiger partial charge on any atom is 0.305 e. The number of H-pyrrole nitrogens is 3. The lowest BCUT2D eigenvalue weighted by atomic mass is 9.95. The predicted octanol–water partition coefficient (Wildman–Crippen LogP) is 3.62. The fourth-order valence-electron chi connectivity index (χ4n) is 12.1. The Labute approximate surface area is 597 Å². The third-order valence-electron chi connectivity index (χ3n) is 17.4. The molecule has 0 radical (unpaired) electrons. The predicted molar refractivity (Wildman–Crippen MR) is 381 cm³/mol. The topological polar surface area (TPSA) is 403 Å². The number of fused-ring (bicyclic) bond motifs is 5. The number of nitrogens with one attached hydrogen (secondary N) is 11.